The predicted molar refractivity (Wildman–Crippen MR) is 102 cm³/mol. The maximum atomic E-state index is 12.6. The van der Waals surface area contributed by atoms with Crippen LogP contribution in [0.4, 0.5) is 5.69 Å². The summed E-state index contributed by atoms with van der Waals surface area (Å²) >= 11 is 0. The Balaban J connectivity index is 1.47. The number of aliphatic imine (C=N–C) groups is 1. The lowest BCUT2D eigenvalue weighted by molar-refractivity contribution is 0.0871. The lowest BCUT2D eigenvalue weighted by Gasteiger charge is -2.39. The molecule has 144 valence electrons. The second kappa shape index (κ2) is 5.85. The lowest BCUT2D eigenvalue weighted by Crippen LogP contribution is -2.44. The Morgan fingerprint density at radius 2 is 2.07 bits per heavy atom. The van der Waals surface area contributed by atoms with Gasteiger partial charge in [-0.3, -0.25) is 4.79 Å². The number of carbonyl (C=O) groups is 1. The van der Waals surface area contributed by atoms with Gasteiger partial charge in [-0.15, -0.1) is 0 Å². The number of benzene rings is 1. The van der Waals surface area contributed by atoms with E-state index in [1.165, 1.54) is 6.20 Å². The molecule has 28 heavy (non-hydrogen) atoms. The first-order chi connectivity index (χ1) is 13.6. The van der Waals surface area contributed by atoms with Crippen LogP contribution in [0.1, 0.15) is 28.9 Å². The van der Waals surface area contributed by atoms with Crippen LogP contribution in [0, 0.1) is 5.41 Å². The molecule has 1 unspecified atom stereocenters. The number of methoxy groups -OCH3 is 1. The molecule has 3 aliphatic rings. The van der Waals surface area contributed by atoms with Crippen LogP contribution in [0.3, 0.4) is 0 Å². The van der Waals surface area contributed by atoms with Crippen LogP contribution in [0.15, 0.2) is 41.5 Å². The average Bonchev–Trinajstić information content (AvgIpc) is 3.41. The van der Waals surface area contributed by atoms with E-state index in [2.05, 4.69) is 15.3 Å². The van der Waals surface area contributed by atoms with Crippen molar-refractivity contribution in [2.24, 2.45) is 16.1 Å². The first-order valence-corrected chi connectivity index (χ1v) is 9.12. The molecule has 1 fully saturated rings. The van der Waals surface area contributed by atoms with Crippen molar-refractivity contribution in [1.29, 1.82) is 0 Å². The molecular weight excluding hydrogens is 360 g/mol. The minimum Gasteiger partial charge on any atom is -0.495 e. The van der Waals surface area contributed by atoms with Gasteiger partial charge in [-0.05, 0) is 43.2 Å². The highest BCUT2D eigenvalue weighted by Crippen LogP contribution is 2.65. The standard InChI is InChI=1S/C20H20N4O4/c1-26-13-3-4-15(22-9-13)17(25)23-12-2-5-16-14(8-12)20(11-28-18(21)24-20)19(6-7-19)10-27-16/h2-5,8-9H,6-7,10-11H2,1H3,(H2,21,24)(H,23,25). The summed E-state index contributed by atoms with van der Waals surface area (Å²) in [5.74, 6) is 1.04. The second-order valence-electron chi connectivity index (χ2n) is 7.42. The van der Waals surface area contributed by atoms with Crippen LogP contribution < -0.4 is 20.5 Å². The minimum absolute atomic E-state index is 0.0821. The van der Waals surface area contributed by atoms with Gasteiger partial charge in [0, 0.05) is 16.7 Å². The van der Waals surface area contributed by atoms with Crippen molar-refractivity contribution in [2.75, 3.05) is 25.6 Å². The number of hydrogen-bond acceptors (Lipinski definition) is 7. The number of pyridine rings is 1. The summed E-state index contributed by atoms with van der Waals surface area (Å²) in [6.07, 6.45) is 3.53. The molecule has 8 nitrogen and oxygen atoms in total. The fourth-order valence-electron chi connectivity index (χ4n) is 4.06. The number of hydrogen-bond donors (Lipinski definition) is 2. The van der Waals surface area contributed by atoms with Gasteiger partial charge >= 0.3 is 0 Å². The third-order valence-corrected chi connectivity index (χ3v) is 5.85. The molecule has 2 aliphatic heterocycles. The van der Waals surface area contributed by atoms with Gasteiger partial charge in [-0.1, -0.05) is 0 Å². The molecule has 1 aromatic carbocycles. The monoisotopic (exact) mass is 380 g/mol. The number of anilines is 1. The number of rotatable bonds is 3. The normalized spacial score (nSPS) is 23.4. The van der Waals surface area contributed by atoms with Gasteiger partial charge in [0.1, 0.15) is 29.3 Å². The van der Waals surface area contributed by atoms with Crippen molar-refractivity contribution >= 4 is 17.6 Å². The topological polar surface area (TPSA) is 108 Å². The first kappa shape index (κ1) is 16.9. The summed E-state index contributed by atoms with van der Waals surface area (Å²) in [6, 6.07) is 9.08. The van der Waals surface area contributed by atoms with E-state index in [4.69, 9.17) is 19.9 Å². The summed E-state index contributed by atoms with van der Waals surface area (Å²) in [7, 11) is 1.55. The van der Waals surface area contributed by atoms with E-state index in [9.17, 15) is 4.79 Å². The van der Waals surface area contributed by atoms with Crippen molar-refractivity contribution in [3.05, 3.63) is 47.8 Å². The molecule has 8 heteroatoms. The number of nitrogens with two attached hydrogens (primary N) is 1. The van der Waals surface area contributed by atoms with E-state index in [1.54, 1.807) is 19.2 Å². The number of nitrogens with one attached hydrogen (secondary N) is 1. The number of nitrogens with zero attached hydrogens (tertiary/aromatic N) is 2. The molecule has 2 spiro atoms. The summed E-state index contributed by atoms with van der Waals surface area (Å²) in [4.78, 5) is 21.4. The van der Waals surface area contributed by atoms with E-state index >= 15 is 0 Å². The maximum absolute atomic E-state index is 12.6. The Labute approximate surface area is 161 Å². The molecule has 5 rings (SSSR count). The zero-order valence-corrected chi connectivity index (χ0v) is 15.4. The van der Waals surface area contributed by atoms with Gasteiger partial charge in [0.05, 0.1) is 19.9 Å². The quantitative estimate of drug-likeness (QED) is 0.844. The molecule has 1 aliphatic carbocycles. The van der Waals surface area contributed by atoms with Gasteiger partial charge in [0.15, 0.2) is 0 Å². The van der Waals surface area contributed by atoms with Gasteiger partial charge in [0.25, 0.3) is 11.9 Å². The van der Waals surface area contributed by atoms with E-state index in [0.717, 1.165) is 24.2 Å². The van der Waals surface area contributed by atoms with Gasteiger partial charge < -0.3 is 25.3 Å². The van der Waals surface area contributed by atoms with Crippen molar-refractivity contribution in [3.8, 4) is 11.5 Å². The fourth-order valence-corrected chi connectivity index (χ4v) is 4.06. The zero-order valence-electron chi connectivity index (χ0n) is 15.4. The largest absolute Gasteiger partial charge is 0.495 e. The van der Waals surface area contributed by atoms with Crippen LogP contribution in [0.2, 0.25) is 0 Å². The summed E-state index contributed by atoms with van der Waals surface area (Å²) in [5.41, 5.74) is 7.07. The third-order valence-electron chi connectivity index (χ3n) is 5.85. The zero-order chi connectivity index (χ0) is 19.4. The fraction of sp³-hybridized carbons (Fsp3) is 0.350. The number of ether oxygens (including phenoxy) is 3. The summed E-state index contributed by atoms with van der Waals surface area (Å²) < 4.78 is 16.6. The molecular formula is C20H20N4O4. The summed E-state index contributed by atoms with van der Waals surface area (Å²) in [5, 5.41) is 2.89. The third kappa shape index (κ3) is 2.41. The molecule has 2 aromatic rings. The molecule has 1 amide bonds. The predicted octanol–water partition coefficient (Wildman–Crippen LogP) is 2.06. The Hall–Kier alpha value is -3.29. The number of amidine groups is 1. The molecule has 0 radical (unpaired) electrons. The van der Waals surface area contributed by atoms with Crippen LogP contribution >= 0.6 is 0 Å². The van der Waals surface area contributed by atoms with E-state index in [0.29, 0.717) is 30.3 Å². The lowest BCUT2D eigenvalue weighted by atomic mass is 9.74. The minimum atomic E-state index is -0.552. The smallest absolute Gasteiger partial charge is 0.283 e. The molecule has 0 saturated heterocycles. The van der Waals surface area contributed by atoms with Crippen LogP contribution in [0.25, 0.3) is 0 Å². The van der Waals surface area contributed by atoms with Crippen LogP contribution in [0.5, 0.6) is 11.5 Å². The van der Waals surface area contributed by atoms with Crippen molar-refractivity contribution in [1.82, 2.24) is 4.98 Å². The number of amides is 1. The first-order valence-electron chi connectivity index (χ1n) is 9.12. The highest BCUT2D eigenvalue weighted by molar-refractivity contribution is 6.03. The van der Waals surface area contributed by atoms with Gasteiger partial charge in [-0.2, -0.15) is 0 Å². The van der Waals surface area contributed by atoms with Crippen LogP contribution in [-0.2, 0) is 10.3 Å². The van der Waals surface area contributed by atoms with Crippen molar-refractivity contribution in [2.45, 2.75) is 18.4 Å². The Morgan fingerprint density at radius 3 is 2.71 bits per heavy atom. The Bertz CT molecular complexity index is 984. The summed E-state index contributed by atoms with van der Waals surface area (Å²) in [6.45, 7) is 0.994. The molecule has 3 N–H and O–H groups in total. The van der Waals surface area contributed by atoms with Crippen molar-refractivity contribution < 1.29 is 19.0 Å². The highest BCUT2D eigenvalue weighted by Gasteiger charge is 2.66. The Morgan fingerprint density at radius 1 is 1.21 bits per heavy atom. The van der Waals surface area contributed by atoms with E-state index in [1.807, 2.05) is 18.2 Å². The second-order valence-corrected chi connectivity index (χ2v) is 7.42. The Kier molecular flexibility index (Phi) is 3.52. The number of carbonyl (C=O) groups excluding carboxylic acids is 1. The maximum Gasteiger partial charge on any atom is 0.283 e. The van der Waals surface area contributed by atoms with Crippen LogP contribution in [-0.4, -0.2) is 37.2 Å². The molecule has 3 heterocycles. The molecule has 1 aromatic heterocycles. The highest BCUT2D eigenvalue weighted by atomic mass is 16.5. The van der Waals surface area contributed by atoms with Gasteiger partial charge in [0.2, 0.25) is 0 Å². The number of fused-ring (bicyclic) bond motifs is 3. The van der Waals surface area contributed by atoms with E-state index < -0.39 is 5.54 Å². The molecule has 1 atom stereocenters. The van der Waals surface area contributed by atoms with Crippen molar-refractivity contribution in [3.63, 3.8) is 0 Å². The molecule has 0 bridgehead atoms. The van der Waals surface area contributed by atoms with E-state index in [-0.39, 0.29) is 17.3 Å². The van der Waals surface area contributed by atoms with Gasteiger partial charge in [-0.25, -0.2) is 9.98 Å². The SMILES string of the molecule is COc1ccc(C(=O)Nc2ccc3c(c2)C2(COC(N)=N2)C2(CC2)CO3)nc1. The molecule has 1 saturated carbocycles. The average molecular weight is 380 g/mol. The number of aromatic nitrogens is 1.